The highest BCUT2D eigenvalue weighted by molar-refractivity contribution is 7.98. The molecule has 0 radical (unpaired) electrons. The lowest BCUT2D eigenvalue weighted by atomic mass is 10.3. The highest BCUT2D eigenvalue weighted by atomic mass is 32.2. The minimum absolute atomic E-state index is 0.317. The third-order valence-electron chi connectivity index (χ3n) is 2.30. The number of carboxylic acid groups (broad SMARTS) is 1. The van der Waals surface area contributed by atoms with Crippen LogP contribution in [0, 0.1) is 5.82 Å². The number of aromatic carboxylic acids is 1. The third-order valence-corrected chi connectivity index (χ3v) is 4.36. The van der Waals surface area contributed by atoms with Crippen LogP contribution >= 0.6 is 23.1 Å². The monoisotopic (exact) mass is 283 g/mol. The minimum atomic E-state index is -0.937. The summed E-state index contributed by atoms with van der Waals surface area (Å²) >= 11 is 2.51. The SMILES string of the molecule is Nc1ccc(F)cc1SCc1ccsc1C(=O)O. The predicted molar refractivity (Wildman–Crippen MR) is 71.7 cm³/mol. The molecule has 2 rings (SSSR count). The molecule has 0 atom stereocenters. The molecule has 1 aromatic carbocycles. The summed E-state index contributed by atoms with van der Waals surface area (Å²) < 4.78 is 13.1. The van der Waals surface area contributed by atoms with Crippen LogP contribution in [0.3, 0.4) is 0 Å². The summed E-state index contributed by atoms with van der Waals surface area (Å²) in [5, 5.41) is 10.7. The Kier molecular flexibility index (Phi) is 3.88. The molecule has 1 heterocycles. The number of nitrogen functional groups attached to an aromatic ring is 1. The molecule has 0 amide bonds. The maximum absolute atomic E-state index is 13.1. The van der Waals surface area contributed by atoms with Gasteiger partial charge in [-0.2, -0.15) is 0 Å². The second-order valence-electron chi connectivity index (χ2n) is 3.55. The number of hydrogen-bond donors (Lipinski definition) is 2. The van der Waals surface area contributed by atoms with Gasteiger partial charge in [0, 0.05) is 16.3 Å². The van der Waals surface area contributed by atoms with Crippen molar-refractivity contribution < 1.29 is 14.3 Å². The van der Waals surface area contributed by atoms with Gasteiger partial charge in [-0.15, -0.1) is 23.1 Å². The molecule has 0 spiro atoms. The van der Waals surface area contributed by atoms with Gasteiger partial charge < -0.3 is 10.8 Å². The van der Waals surface area contributed by atoms with Crippen molar-refractivity contribution in [1.29, 1.82) is 0 Å². The number of thioether (sulfide) groups is 1. The van der Waals surface area contributed by atoms with E-state index in [0.29, 0.717) is 21.2 Å². The normalized spacial score (nSPS) is 10.5. The molecule has 0 unspecified atom stereocenters. The Morgan fingerprint density at radius 2 is 2.22 bits per heavy atom. The van der Waals surface area contributed by atoms with E-state index in [1.165, 1.54) is 41.3 Å². The summed E-state index contributed by atoms with van der Waals surface area (Å²) in [6, 6.07) is 5.92. The number of carbonyl (C=O) groups is 1. The standard InChI is InChI=1S/C12H10FNO2S2/c13-8-1-2-9(14)10(5-8)18-6-7-3-4-17-11(7)12(15)16/h1-5H,6,14H2,(H,15,16). The van der Waals surface area contributed by atoms with Crippen molar-refractivity contribution in [2.45, 2.75) is 10.6 Å². The molecule has 0 bridgehead atoms. The van der Waals surface area contributed by atoms with Gasteiger partial charge in [0.1, 0.15) is 10.7 Å². The fraction of sp³-hybridized carbons (Fsp3) is 0.0833. The molecule has 0 fully saturated rings. The largest absolute Gasteiger partial charge is 0.477 e. The summed E-state index contributed by atoms with van der Waals surface area (Å²) in [5.41, 5.74) is 6.94. The number of hydrogen-bond acceptors (Lipinski definition) is 4. The molecule has 0 aliphatic rings. The van der Waals surface area contributed by atoms with Gasteiger partial charge >= 0.3 is 5.97 Å². The summed E-state index contributed by atoms with van der Waals surface area (Å²) in [6.45, 7) is 0. The molecule has 3 nitrogen and oxygen atoms in total. The van der Waals surface area contributed by atoms with Crippen LogP contribution in [-0.4, -0.2) is 11.1 Å². The fourth-order valence-corrected chi connectivity index (χ4v) is 3.26. The Hall–Kier alpha value is -1.53. The molecule has 0 saturated carbocycles. The number of nitrogens with two attached hydrogens (primary N) is 1. The highest BCUT2D eigenvalue weighted by Crippen LogP contribution is 2.31. The average molecular weight is 283 g/mol. The van der Waals surface area contributed by atoms with Crippen molar-refractivity contribution >= 4 is 34.8 Å². The highest BCUT2D eigenvalue weighted by Gasteiger charge is 2.12. The first-order valence-electron chi connectivity index (χ1n) is 5.05. The van der Waals surface area contributed by atoms with E-state index >= 15 is 0 Å². The Labute approximate surface area is 111 Å². The van der Waals surface area contributed by atoms with E-state index in [4.69, 9.17) is 10.8 Å². The zero-order valence-electron chi connectivity index (χ0n) is 9.22. The Balaban J connectivity index is 2.14. The molecule has 0 aliphatic carbocycles. The van der Waals surface area contributed by atoms with Crippen LogP contribution in [0.1, 0.15) is 15.2 Å². The molecule has 3 N–H and O–H groups in total. The number of halogens is 1. The second kappa shape index (κ2) is 5.41. The van der Waals surface area contributed by atoms with E-state index in [0.717, 1.165) is 5.56 Å². The van der Waals surface area contributed by atoms with E-state index in [2.05, 4.69) is 0 Å². The fourth-order valence-electron chi connectivity index (χ4n) is 1.43. The van der Waals surface area contributed by atoms with Gasteiger partial charge in [-0.3, -0.25) is 0 Å². The Morgan fingerprint density at radius 1 is 1.44 bits per heavy atom. The zero-order chi connectivity index (χ0) is 13.1. The van der Waals surface area contributed by atoms with Gasteiger partial charge in [-0.1, -0.05) is 0 Å². The van der Waals surface area contributed by atoms with Crippen LogP contribution in [0.2, 0.25) is 0 Å². The van der Waals surface area contributed by atoms with Crippen molar-refractivity contribution in [2.75, 3.05) is 5.73 Å². The van der Waals surface area contributed by atoms with Gasteiger partial charge in [-0.25, -0.2) is 9.18 Å². The number of rotatable bonds is 4. The summed E-state index contributed by atoms with van der Waals surface area (Å²) in [7, 11) is 0. The lowest BCUT2D eigenvalue weighted by Gasteiger charge is -2.05. The maximum atomic E-state index is 13.1. The smallest absolute Gasteiger partial charge is 0.346 e. The topological polar surface area (TPSA) is 63.3 Å². The molecule has 18 heavy (non-hydrogen) atoms. The van der Waals surface area contributed by atoms with E-state index in [1.807, 2.05) is 0 Å². The minimum Gasteiger partial charge on any atom is -0.477 e. The van der Waals surface area contributed by atoms with Crippen molar-refractivity contribution in [3.8, 4) is 0 Å². The van der Waals surface area contributed by atoms with Crippen LogP contribution < -0.4 is 5.73 Å². The van der Waals surface area contributed by atoms with E-state index in [9.17, 15) is 9.18 Å². The number of carboxylic acids is 1. The molecule has 2 aromatic rings. The summed E-state index contributed by atoms with van der Waals surface area (Å²) in [4.78, 5) is 11.9. The first kappa shape index (κ1) is 12.9. The Morgan fingerprint density at radius 3 is 2.94 bits per heavy atom. The Bertz CT molecular complexity index is 583. The lowest BCUT2D eigenvalue weighted by molar-refractivity contribution is 0.0701. The first-order chi connectivity index (χ1) is 8.58. The number of benzene rings is 1. The summed E-state index contributed by atoms with van der Waals surface area (Å²) in [6.07, 6.45) is 0. The van der Waals surface area contributed by atoms with Crippen LogP contribution in [0.25, 0.3) is 0 Å². The van der Waals surface area contributed by atoms with Crippen molar-refractivity contribution in [3.63, 3.8) is 0 Å². The molecule has 6 heteroatoms. The predicted octanol–water partition coefficient (Wildman–Crippen LogP) is 3.46. The molecule has 1 aromatic heterocycles. The van der Waals surface area contributed by atoms with Gasteiger partial charge in [0.25, 0.3) is 0 Å². The van der Waals surface area contributed by atoms with Gasteiger partial charge in [-0.05, 0) is 35.2 Å². The summed E-state index contributed by atoms with van der Waals surface area (Å²) in [5.74, 6) is -0.831. The molecular weight excluding hydrogens is 273 g/mol. The van der Waals surface area contributed by atoms with Crippen molar-refractivity contribution in [1.82, 2.24) is 0 Å². The lowest BCUT2D eigenvalue weighted by Crippen LogP contribution is -1.96. The van der Waals surface area contributed by atoms with Crippen molar-refractivity contribution in [2.24, 2.45) is 0 Å². The van der Waals surface area contributed by atoms with Gasteiger partial charge in [0.05, 0.1) is 0 Å². The molecular formula is C12H10FNO2S2. The van der Waals surface area contributed by atoms with E-state index < -0.39 is 5.97 Å². The van der Waals surface area contributed by atoms with Gasteiger partial charge in [0.15, 0.2) is 0 Å². The first-order valence-corrected chi connectivity index (χ1v) is 6.92. The number of thiophene rings is 1. The number of anilines is 1. The van der Waals surface area contributed by atoms with Crippen LogP contribution in [0.5, 0.6) is 0 Å². The molecule has 0 aliphatic heterocycles. The zero-order valence-corrected chi connectivity index (χ0v) is 10.9. The van der Waals surface area contributed by atoms with Crippen LogP contribution in [0.4, 0.5) is 10.1 Å². The molecule has 94 valence electrons. The van der Waals surface area contributed by atoms with Crippen molar-refractivity contribution in [3.05, 3.63) is 45.9 Å². The third kappa shape index (κ3) is 2.83. The average Bonchev–Trinajstić information content (AvgIpc) is 2.79. The van der Waals surface area contributed by atoms with Crippen LogP contribution in [-0.2, 0) is 5.75 Å². The van der Waals surface area contributed by atoms with E-state index in [-0.39, 0.29) is 5.82 Å². The van der Waals surface area contributed by atoms with Gasteiger partial charge in [0.2, 0.25) is 0 Å². The van der Waals surface area contributed by atoms with Crippen LogP contribution in [0.15, 0.2) is 34.5 Å². The maximum Gasteiger partial charge on any atom is 0.346 e. The quantitative estimate of drug-likeness (QED) is 0.666. The van der Waals surface area contributed by atoms with E-state index in [1.54, 1.807) is 11.4 Å². The molecule has 0 saturated heterocycles. The second-order valence-corrected chi connectivity index (χ2v) is 5.48.